The van der Waals surface area contributed by atoms with Gasteiger partial charge in [0.25, 0.3) is 5.78 Å². The molecule has 0 bridgehead atoms. The topological polar surface area (TPSA) is 82.4 Å². The number of aromatic nitrogens is 1. The highest BCUT2D eigenvalue weighted by molar-refractivity contribution is 7.90. The average molecular weight is 458 g/mol. The molecule has 0 saturated carbocycles. The van der Waals surface area contributed by atoms with E-state index in [1.807, 2.05) is 6.92 Å². The van der Waals surface area contributed by atoms with E-state index in [2.05, 4.69) is 0 Å². The van der Waals surface area contributed by atoms with Crippen molar-refractivity contribution in [3.8, 4) is 16.9 Å². The van der Waals surface area contributed by atoms with E-state index in [9.17, 15) is 22.4 Å². The highest BCUT2D eigenvalue weighted by Crippen LogP contribution is 2.31. The molecule has 1 aromatic heterocycles. The summed E-state index contributed by atoms with van der Waals surface area (Å²) in [6.07, 6.45) is 2.59. The van der Waals surface area contributed by atoms with Gasteiger partial charge in [0.1, 0.15) is 5.82 Å². The van der Waals surface area contributed by atoms with E-state index in [4.69, 9.17) is 4.74 Å². The second kappa shape index (κ2) is 9.48. The number of nitrogens with zero attached hydrogens (tertiary/aromatic N) is 1. The number of Topliss-reactive ketones (excluding diaryl/α,β-unsaturated/α-hetero) is 1. The monoisotopic (exact) mass is 457 g/mol. The van der Waals surface area contributed by atoms with Crippen LogP contribution in [0.3, 0.4) is 0 Å². The molecular formula is C24H24FNO5S. The Kier molecular flexibility index (Phi) is 6.93. The second-order valence-electron chi connectivity index (χ2n) is 7.46. The Bertz CT molecular complexity index is 1260. The van der Waals surface area contributed by atoms with Crippen LogP contribution in [0.15, 0.2) is 59.5 Å². The number of hydrogen-bond donors (Lipinski definition) is 0. The van der Waals surface area contributed by atoms with Crippen LogP contribution in [0.1, 0.15) is 35.8 Å². The Balaban J connectivity index is 2.12. The minimum Gasteiger partial charge on any atom is -0.460 e. The number of carbonyl (C=O) groups is 2. The number of ketones is 1. The van der Waals surface area contributed by atoms with Crippen molar-refractivity contribution in [1.29, 1.82) is 0 Å². The molecule has 6 nitrogen and oxygen atoms in total. The van der Waals surface area contributed by atoms with E-state index in [0.29, 0.717) is 29.1 Å². The maximum Gasteiger partial charge on any atom is 0.379 e. The summed E-state index contributed by atoms with van der Waals surface area (Å²) in [5, 5.41) is 0. The Morgan fingerprint density at radius 2 is 1.75 bits per heavy atom. The third-order valence-corrected chi connectivity index (χ3v) is 6.18. The van der Waals surface area contributed by atoms with Crippen molar-refractivity contribution in [2.75, 3.05) is 12.9 Å². The number of ether oxygens (including phenoxy) is 1. The van der Waals surface area contributed by atoms with Crippen molar-refractivity contribution in [3.05, 3.63) is 71.7 Å². The van der Waals surface area contributed by atoms with Crippen LogP contribution in [0, 0.1) is 12.7 Å². The molecule has 168 valence electrons. The zero-order valence-corrected chi connectivity index (χ0v) is 18.9. The summed E-state index contributed by atoms with van der Waals surface area (Å²) < 4.78 is 44.3. The lowest BCUT2D eigenvalue weighted by Crippen LogP contribution is -2.19. The molecule has 0 fully saturated rings. The van der Waals surface area contributed by atoms with Gasteiger partial charge in [0.2, 0.25) is 0 Å². The molecule has 0 atom stereocenters. The lowest BCUT2D eigenvalue weighted by Gasteiger charge is -2.13. The standard InChI is InChI=1S/C24H24FNO5S/c1-4-5-13-31-24(28)23(27)21-15-22(17-9-11-20(12-10-17)32(3,29)30)26(16(21)2)19-8-6-7-18(25)14-19/h6-12,14-15H,4-5,13H2,1-3H3. The number of carbonyl (C=O) groups excluding carboxylic acids is 2. The zero-order chi connectivity index (χ0) is 23.5. The van der Waals surface area contributed by atoms with Crippen LogP contribution in [0.2, 0.25) is 0 Å². The smallest absolute Gasteiger partial charge is 0.379 e. The highest BCUT2D eigenvalue weighted by Gasteiger charge is 2.25. The van der Waals surface area contributed by atoms with E-state index in [-0.39, 0.29) is 17.1 Å². The van der Waals surface area contributed by atoms with Crippen LogP contribution in [-0.2, 0) is 19.4 Å². The first-order valence-corrected chi connectivity index (χ1v) is 12.0. The Hall–Kier alpha value is -3.26. The van der Waals surface area contributed by atoms with Gasteiger partial charge in [-0.1, -0.05) is 31.5 Å². The average Bonchev–Trinajstić information content (AvgIpc) is 3.09. The van der Waals surface area contributed by atoms with Crippen molar-refractivity contribution in [1.82, 2.24) is 4.57 Å². The zero-order valence-electron chi connectivity index (χ0n) is 18.1. The second-order valence-corrected chi connectivity index (χ2v) is 9.47. The molecule has 2 aromatic carbocycles. The number of sulfone groups is 1. The van der Waals surface area contributed by atoms with Crippen molar-refractivity contribution >= 4 is 21.6 Å². The van der Waals surface area contributed by atoms with Gasteiger partial charge in [0.15, 0.2) is 9.84 Å². The SMILES string of the molecule is CCCCOC(=O)C(=O)c1cc(-c2ccc(S(C)(=O)=O)cc2)n(-c2cccc(F)c2)c1C. The van der Waals surface area contributed by atoms with Gasteiger partial charge in [0, 0.05) is 17.6 Å². The summed E-state index contributed by atoms with van der Waals surface area (Å²) in [6.45, 7) is 3.76. The molecule has 0 radical (unpaired) electrons. The molecule has 0 amide bonds. The van der Waals surface area contributed by atoms with Crippen molar-refractivity contribution in [2.45, 2.75) is 31.6 Å². The predicted molar refractivity (Wildman–Crippen MR) is 119 cm³/mol. The number of halogens is 1. The summed E-state index contributed by atoms with van der Waals surface area (Å²) >= 11 is 0. The number of benzene rings is 2. The van der Waals surface area contributed by atoms with Gasteiger partial charge in [-0.2, -0.15) is 0 Å². The first kappa shape index (κ1) is 23.4. The first-order valence-electron chi connectivity index (χ1n) is 10.1. The quantitative estimate of drug-likeness (QED) is 0.215. The fourth-order valence-electron chi connectivity index (χ4n) is 3.35. The van der Waals surface area contributed by atoms with Gasteiger partial charge < -0.3 is 9.30 Å². The van der Waals surface area contributed by atoms with Gasteiger partial charge in [-0.15, -0.1) is 0 Å². The maximum absolute atomic E-state index is 13.9. The summed E-state index contributed by atoms with van der Waals surface area (Å²) in [7, 11) is -3.38. The molecule has 0 spiro atoms. The molecule has 0 unspecified atom stereocenters. The molecule has 0 aliphatic heterocycles. The van der Waals surface area contributed by atoms with Gasteiger partial charge >= 0.3 is 5.97 Å². The summed E-state index contributed by atoms with van der Waals surface area (Å²) in [5.74, 6) is -2.19. The molecule has 3 rings (SSSR count). The number of esters is 1. The first-order chi connectivity index (χ1) is 15.1. The Labute approximate surface area is 186 Å². The Morgan fingerprint density at radius 1 is 1.06 bits per heavy atom. The molecule has 0 saturated heterocycles. The Morgan fingerprint density at radius 3 is 2.34 bits per heavy atom. The molecule has 8 heteroatoms. The molecule has 3 aromatic rings. The molecule has 1 heterocycles. The molecule has 0 aliphatic rings. The van der Waals surface area contributed by atoms with Crippen LogP contribution in [-0.4, -0.2) is 37.6 Å². The van der Waals surface area contributed by atoms with Crippen molar-refractivity contribution < 1.29 is 27.1 Å². The normalized spacial score (nSPS) is 11.4. The van der Waals surface area contributed by atoms with Gasteiger partial charge in [-0.05, 0) is 55.3 Å². The molecule has 32 heavy (non-hydrogen) atoms. The maximum atomic E-state index is 13.9. The third-order valence-electron chi connectivity index (χ3n) is 5.05. The van der Waals surface area contributed by atoms with Crippen LogP contribution in [0.5, 0.6) is 0 Å². The van der Waals surface area contributed by atoms with E-state index in [0.717, 1.165) is 12.7 Å². The molecular weight excluding hydrogens is 433 g/mol. The molecule has 0 aliphatic carbocycles. The summed E-state index contributed by atoms with van der Waals surface area (Å²) in [6, 6.07) is 13.5. The van der Waals surface area contributed by atoms with Gasteiger partial charge in [-0.3, -0.25) is 4.79 Å². The minimum atomic E-state index is -3.38. The largest absolute Gasteiger partial charge is 0.460 e. The van der Waals surface area contributed by atoms with E-state index < -0.39 is 27.4 Å². The van der Waals surface area contributed by atoms with Gasteiger partial charge in [0.05, 0.1) is 22.8 Å². The van der Waals surface area contributed by atoms with Crippen LogP contribution in [0.4, 0.5) is 4.39 Å². The van der Waals surface area contributed by atoms with Crippen molar-refractivity contribution in [3.63, 3.8) is 0 Å². The van der Waals surface area contributed by atoms with Crippen molar-refractivity contribution in [2.24, 2.45) is 0 Å². The third kappa shape index (κ3) is 4.96. The minimum absolute atomic E-state index is 0.137. The highest BCUT2D eigenvalue weighted by atomic mass is 32.2. The van der Waals surface area contributed by atoms with Crippen LogP contribution >= 0.6 is 0 Å². The summed E-state index contributed by atoms with van der Waals surface area (Å²) in [5.41, 5.74) is 2.15. The number of hydrogen-bond acceptors (Lipinski definition) is 5. The lowest BCUT2D eigenvalue weighted by atomic mass is 10.1. The predicted octanol–water partition coefficient (Wildman–Crippen LogP) is 4.52. The number of rotatable bonds is 8. The van der Waals surface area contributed by atoms with Crippen LogP contribution in [0.25, 0.3) is 16.9 Å². The van der Waals surface area contributed by atoms with E-state index >= 15 is 0 Å². The lowest BCUT2D eigenvalue weighted by molar-refractivity contribution is -0.138. The van der Waals surface area contributed by atoms with Gasteiger partial charge in [-0.25, -0.2) is 17.6 Å². The van der Waals surface area contributed by atoms with E-state index in [1.165, 1.54) is 24.3 Å². The molecule has 0 N–H and O–H groups in total. The fraction of sp³-hybridized carbons (Fsp3) is 0.250. The fourth-order valence-corrected chi connectivity index (χ4v) is 3.99. The van der Waals surface area contributed by atoms with Crippen LogP contribution < -0.4 is 0 Å². The number of unbranched alkanes of at least 4 members (excludes halogenated alkanes) is 1. The van der Waals surface area contributed by atoms with E-state index in [1.54, 1.807) is 41.8 Å². The summed E-state index contributed by atoms with van der Waals surface area (Å²) in [4.78, 5) is 25.2.